The van der Waals surface area contributed by atoms with Crippen LogP contribution < -0.4 is 11.1 Å². The lowest BCUT2D eigenvalue weighted by Gasteiger charge is -2.17. The third kappa shape index (κ3) is 2.96. The van der Waals surface area contributed by atoms with E-state index in [1.165, 1.54) is 0 Å². The van der Waals surface area contributed by atoms with Gasteiger partial charge in [-0.15, -0.1) is 0 Å². The number of nitrogens with two attached hydrogens (primary N) is 1. The fraction of sp³-hybridized carbons (Fsp3) is 0.600. The van der Waals surface area contributed by atoms with Crippen LogP contribution in [-0.2, 0) is 5.41 Å². The minimum atomic E-state index is 0.104. The molecule has 0 radical (unpaired) electrons. The Hall–Kier alpha value is -1.16. The highest BCUT2D eigenvalue weighted by molar-refractivity contribution is 5.26. The lowest BCUT2D eigenvalue weighted by molar-refractivity contribution is 0.584. The van der Waals surface area contributed by atoms with E-state index in [4.69, 9.17) is 5.73 Å². The molecule has 0 aliphatic rings. The van der Waals surface area contributed by atoms with Crippen LogP contribution in [0.2, 0.25) is 0 Å². The molecule has 1 aromatic heterocycles. The Labute approximate surface area is 85.0 Å². The molecule has 0 aliphatic heterocycles. The number of nitrogens with zero attached hydrogens (tertiary/aromatic N) is 2. The lowest BCUT2D eigenvalue weighted by Crippen LogP contribution is -2.16. The molecule has 0 aliphatic carbocycles. The topological polar surface area (TPSA) is 63.8 Å². The van der Waals surface area contributed by atoms with E-state index < -0.39 is 0 Å². The first-order valence-electron chi connectivity index (χ1n) is 4.80. The predicted molar refractivity (Wildman–Crippen MR) is 58.3 cm³/mol. The second-order valence-electron chi connectivity index (χ2n) is 4.26. The molecule has 1 heterocycles. The minimum absolute atomic E-state index is 0.104. The number of rotatable bonds is 3. The zero-order chi connectivity index (χ0) is 10.6. The summed E-state index contributed by atoms with van der Waals surface area (Å²) >= 11 is 0. The molecule has 3 N–H and O–H groups in total. The third-order valence-electron chi connectivity index (χ3n) is 1.95. The van der Waals surface area contributed by atoms with Gasteiger partial charge in [-0.3, -0.25) is 0 Å². The Bertz CT molecular complexity index is 273. The molecule has 14 heavy (non-hydrogen) atoms. The molecule has 0 bridgehead atoms. The number of nitrogens with one attached hydrogen (secondary N) is 1. The van der Waals surface area contributed by atoms with Crippen LogP contribution in [0.4, 0.5) is 5.95 Å². The van der Waals surface area contributed by atoms with Crippen molar-refractivity contribution in [1.82, 2.24) is 9.97 Å². The molecule has 4 heteroatoms. The maximum atomic E-state index is 5.36. The first-order chi connectivity index (χ1) is 6.54. The van der Waals surface area contributed by atoms with Gasteiger partial charge in [-0.2, -0.15) is 0 Å². The maximum Gasteiger partial charge on any atom is 0.222 e. The van der Waals surface area contributed by atoms with Crippen LogP contribution in [0.15, 0.2) is 12.4 Å². The monoisotopic (exact) mass is 194 g/mol. The van der Waals surface area contributed by atoms with Crippen molar-refractivity contribution in [2.24, 2.45) is 5.73 Å². The van der Waals surface area contributed by atoms with Crippen molar-refractivity contribution < 1.29 is 0 Å². The van der Waals surface area contributed by atoms with Crippen LogP contribution >= 0.6 is 0 Å². The smallest absolute Gasteiger partial charge is 0.222 e. The summed E-state index contributed by atoms with van der Waals surface area (Å²) in [4.78, 5) is 8.41. The van der Waals surface area contributed by atoms with Crippen molar-refractivity contribution >= 4 is 5.95 Å². The van der Waals surface area contributed by atoms with E-state index >= 15 is 0 Å². The summed E-state index contributed by atoms with van der Waals surface area (Å²) in [6, 6.07) is 0. The summed E-state index contributed by atoms with van der Waals surface area (Å²) in [5.74, 6) is 0.642. The van der Waals surface area contributed by atoms with Gasteiger partial charge in [0.25, 0.3) is 0 Å². The molecule has 0 unspecified atom stereocenters. The van der Waals surface area contributed by atoms with Gasteiger partial charge in [-0.25, -0.2) is 9.97 Å². The minimum Gasteiger partial charge on any atom is -0.353 e. The normalized spacial score (nSPS) is 11.4. The van der Waals surface area contributed by atoms with Crippen LogP contribution in [0.25, 0.3) is 0 Å². The second kappa shape index (κ2) is 4.37. The van der Waals surface area contributed by atoms with Crippen molar-refractivity contribution in [3.05, 3.63) is 18.0 Å². The zero-order valence-electron chi connectivity index (χ0n) is 9.04. The molecule has 0 fully saturated rings. The van der Waals surface area contributed by atoms with E-state index in [1.54, 1.807) is 0 Å². The Morgan fingerprint density at radius 3 is 2.29 bits per heavy atom. The molecule has 1 aromatic rings. The Morgan fingerprint density at radius 2 is 1.86 bits per heavy atom. The number of anilines is 1. The number of hydrogen-bond donors (Lipinski definition) is 2. The standard InChI is InChI=1S/C10H18N4/c1-10(2,3)8-6-13-9(14-7-8)12-5-4-11/h6-7H,4-5,11H2,1-3H3,(H,12,13,14). The van der Waals surface area contributed by atoms with Gasteiger partial charge in [0.05, 0.1) is 0 Å². The van der Waals surface area contributed by atoms with Gasteiger partial charge in [0.15, 0.2) is 0 Å². The number of aromatic nitrogens is 2. The highest BCUT2D eigenvalue weighted by Crippen LogP contribution is 2.20. The van der Waals surface area contributed by atoms with E-state index in [2.05, 4.69) is 36.1 Å². The van der Waals surface area contributed by atoms with Gasteiger partial charge in [-0.1, -0.05) is 20.8 Å². The summed E-state index contributed by atoms with van der Waals surface area (Å²) in [7, 11) is 0. The largest absolute Gasteiger partial charge is 0.353 e. The molecule has 78 valence electrons. The van der Waals surface area contributed by atoms with Gasteiger partial charge in [0.1, 0.15) is 0 Å². The zero-order valence-corrected chi connectivity index (χ0v) is 9.04. The first-order valence-corrected chi connectivity index (χ1v) is 4.80. The van der Waals surface area contributed by atoms with Crippen molar-refractivity contribution in [2.45, 2.75) is 26.2 Å². The molecule has 0 saturated carbocycles. The molecule has 0 spiro atoms. The highest BCUT2D eigenvalue weighted by Gasteiger charge is 2.14. The van der Waals surface area contributed by atoms with E-state index in [9.17, 15) is 0 Å². The molecule has 0 atom stereocenters. The second-order valence-corrected chi connectivity index (χ2v) is 4.26. The Morgan fingerprint density at radius 1 is 1.29 bits per heavy atom. The maximum absolute atomic E-state index is 5.36. The Balaban J connectivity index is 2.69. The molecule has 0 amide bonds. The summed E-state index contributed by atoms with van der Waals surface area (Å²) in [6.45, 7) is 7.70. The van der Waals surface area contributed by atoms with Crippen LogP contribution in [-0.4, -0.2) is 23.1 Å². The summed E-state index contributed by atoms with van der Waals surface area (Å²) in [5.41, 5.74) is 6.60. The summed E-state index contributed by atoms with van der Waals surface area (Å²) in [5, 5.41) is 3.03. The van der Waals surface area contributed by atoms with Crippen molar-refractivity contribution in [2.75, 3.05) is 18.4 Å². The fourth-order valence-corrected chi connectivity index (χ4v) is 0.991. The van der Waals surface area contributed by atoms with Gasteiger partial charge in [0.2, 0.25) is 5.95 Å². The van der Waals surface area contributed by atoms with E-state index in [0.717, 1.165) is 5.56 Å². The lowest BCUT2D eigenvalue weighted by atomic mass is 9.89. The average molecular weight is 194 g/mol. The highest BCUT2D eigenvalue weighted by atomic mass is 15.1. The van der Waals surface area contributed by atoms with Gasteiger partial charge in [-0.05, 0) is 11.0 Å². The molecule has 1 rings (SSSR count). The van der Waals surface area contributed by atoms with Crippen molar-refractivity contribution in [3.8, 4) is 0 Å². The third-order valence-corrected chi connectivity index (χ3v) is 1.95. The molecular formula is C10H18N4. The molecule has 0 saturated heterocycles. The number of hydrogen-bond acceptors (Lipinski definition) is 4. The van der Waals surface area contributed by atoms with Gasteiger partial charge < -0.3 is 11.1 Å². The van der Waals surface area contributed by atoms with Crippen LogP contribution in [0.5, 0.6) is 0 Å². The summed E-state index contributed by atoms with van der Waals surface area (Å²) < 4.78 is 0. The van der Waals surface area contributed by atoms with Crippen LogP contribution in [0.3, 0.4) is 0 Å². The molecular weight excluding hydrogens is 176 g/mol. The molecule has 0 aromatic carbocycles. The van der Waals surface area contributed by atoms with Crippen LogP contribution in [0, 0.1) is 0 Å². The summed E-state index contributed by atoms with van der Waals surface area (Å²) in [6.07, 6.45) is 3.71. The quantitative estimate of drug-likeness (QED) is 0.757. The average Bonchev–Trinajstić information content (AvgIpc) is 2.14. The van der Waals surface area contributed by atoms with Gasteiger partial charge in [0, 0.05) is 25.5 Å². The van der Waals surface area contributed by atoms with Crippen molar-refractivity contribution in [1.29, 1.82) is 0 Å². The van der Waals surface area contributed by atoms with Gasteiger partial charge >= 0.3 is 0 Å². The fourth-order valence-electron chi connectivity index (χ4n) is 0.991. The predicted octanol–water partition coefficient (Wildman–Crippen LogP) is 1.14. The van der Waals surface area contributed by atoms with E-state index in [1.807, 2.05) is 12.4 Å². The van der Waals surface area contributed by atoms with E-state index in [-0.39, 0.29) is 5.41 Å². The first kappa shape index (κ1) is 10.9. The SMILES string of the molecule is CC(C)(C)c1cnc(NCCN)nc1. The van der Waals surface area contributed by atoms with Crippen LogP contribution in [0.1, 0.15) is 26.3 Å². The molecule has 4 nitrogen and oxygen atoms in total. The Kier molecular flexibility index (Phi) is 3.41. The van der Waals surface area contributed by atoms with Crippen molar-refractivity contribution in [3.63, 3.8) is 0 Å². The van der Waals surface area contributed by atoms with E-state index in [0.29, 0.717) is 19.0 Å².